The van der Waals surface area contributed by atoms with Crippen LogP contribution in [0.15, 0.2) is 30.6 Å². The number of aryl methyl sites for hydroxylation is 1. The summed E-state index contributed by atoms with van der Waals surface area (Å²) in [6, 6.07) is 5.94. The quantitative estimate of drug-likeness (QED) is 0.544. The minimum Gasteiger partial charge on any atom is -0.381 e. The van der Waals surface area contributed by atoms with Crippen molar-refractivity contribution in [3.05, 3.63) is 36.4 Å². The zero-order valence-electron chi connectivity index (χ0n) is 16.2. The van der Waals surface area contributed by atoms with Gasteiger partial charge in [-0.05, 0) is 25.1 Å². The van der Waals surface area contributed by atoms with Gasteiger partial charge >= 0.3 is 0 Å². The number of nitrogens with zero attached hydrogens (tertiary/aromatic N) is 6. The summed E-state index contributed by atoms with van der Waals surface area (Å²) < 4.78 is 34.6. The van der Waals surface area contributed by atoms with Crippen LogP contribution in [0.25, 0.3) is 27.9 Å². The Bertz CT molecular complexity index is 1260. The maximum atomic E-state index is 13.0. The van der Waals surface area contributed by atoms with E-state index in [0.29, 0.717) is 46.5 Å². The lowest BCUT2D eigenvalue weighted by atomic mass is 10.2. The molecule has 0 bridgehead atoms. The predicted molar refractivity (Wildman–Crippen MR) is 105 cm³/mol. The number of nitrogens with one attached hydrogen (secondary N) is 1. The van der Waals surface area contributed by atoms with Crippen LogP contribution in [0, 0.1) is 18.8 Å². The SMILES string of the molecule is Cc1nc2ccc(-c3ccn4nc(N[C@@H]5[C@@H]6COC[C@@H]65)ncc34)nc2n1CC(F)F. The normalized spacial score (nSPS) is 22.9. The summed E-state index contributed by atoms with van der Waals surface area (Å²) in [5.74, 6) is 2.22. The highest BCUT2D eigenvalue weighted by Gasteiger charge is 2.54. The average Bonchev–Trinajstić information content (AvgIpc) is 3.14. The van der Waals surface area contributed by atoms with Crippen LogP contribution in [0.5, 0.6) is 0 Å². The molecule has 0 unspecified atom stereocenters. The molecule has 30 heavy (non-hydrogen) atoms. The Morgan fingerprint density at radius 3 is 2.83 bits per heavy atom. The Hall–Kier alpha value is -3.14. The lowest BCUT2D eigenvalue weighted by Gasteiger charge is -2.08. The molecule has 2 fully saturated rings. The van der Waals surface area contributed by atoms with Gasteiger partial charge in [-0.1, -0.05) is 0 Å². The first kappa shape index (κ1) is 17.7. The molecule has 1 aliphatic heterocycles. The molecule has 0 amide bonds. The number of hydrogen-bond donors (Lipinski definition) is 1. The Kier molecular flexibility index (Phi) is 3.79. The second-order valence-electron chi connectivity index (χ2n) is 7.88. The second kappa shape index (κ2) is 6.43. The summed E-state index contributed by atoms with van der Waals surface area (Å²) in [7, 11) is 0. The smallest absolute Gasteiger partial charge is 0.256 e. The molecule has 5 heterocycles. The largest absolute Gasteiger partial charge is 0.381 e. The molecule has 4 aromatic rings. The number of ether oxygens (including phenoxy) is 1. The molecular formula is C20H19F2N7O. The third kappa shape index (κ3) is 2.74. The molecule has 3 atom stereocenters. The van der Waals surface area contributed by atoms with E-state index in [1.165, 1.54) is 4.57 Å². The first-order chi connectivity index (χ1) is 14.6. The third-order valence-electron chi connectivity index (χ3n) is 6.04. The van der Waals surface area contributed by atoms with Crippen molar-refractivity contribution in [3.8, 4) is 11.3 Å². The van der Waals surface area contributed by atoms with Crippen LogP contribution in [-0.2, 0) is 11.3 Å². The molecule has 2 aliphatic rings. The average molecular weight is 411 g/mol. The van der Waals surface area contributed by atoms with Gasteiger partial charge in [-0.3, -0.25) is 0 Å². The van der Waals surface area contributed by atoms with Crippen molar-refractivity contribution in [2.45, 2.75) is 25.9 Å². The van der Waals surface area contributed by atoms with Crippen molar-refractivity contribution >= 4 is 22.6 Å². The zero-order valence-corrected chi connectivity index (χ0v) is 16.2. The van der Waals surface area contributed by atoms with E-state index in [4.69, 9.17) is 4.74 Å². The molecule has 1 saturated heterocycles. The highest BCUT2D eigenvalue weighted by atomic mass is 19.3. The molecule has 4 aromatic heterocycles. The summed E-state index contributed by atoms with van der Waals surface area (Å²) in [6.07, 6.45) is 1.13. The number of alkyl halides is 2. The highest BCUT2D eigenvalue weighted by Crippen LogP contribution is 2.45. The molecule has 8 nitrogen and oxygen atoms in total. The first-order valence-corrected chi connectivity index (χ1v) is 9.89. The minimum absolute atomic E-state index is 0.383. The van der Waals surface area contributed by atoms with Crippen LogP contribution < -0.4 is 5.32 Å². The molecule has 1 saturated carbocycles. The molecular weight excluding hydrogens is 392 g/mol. The predicted octanol–water partition coefficient (Wildman–Crippen LogP) is 2.77. The van der Waals surface area contributed by atoms with Crippen LogP contribution >= 0.6 is 0 Å². The number of pyridine rings is 1. The van der Waals surface area contributed by atoms with E-state index in [1.54, 1.807) is 23.7 Å². The molecule has 1 N–H and O–H groups in total. The Balaban J connectivity index is 1.34. The Labute approximate surface area is 169 Å². The Morgan fingerprint density at radius 1 is 1.20 bits per heavy atom. The van der Waals surface area contributed by atoms with Gasteiger partial charge in [-0.25, -0.2) is 28.2 Å². The zero-order chi connectivity index (χ0) is 20.4. The number of rotatable bonds is 5. The lowest BCUT2D eigenvalue weighted by Crippen LogP contribution is -2.15. The van der Waals surface area contributed by atoms with E-state index in [2.05, 4.69) is 25.4 Å². The van der Waals surface area contributed by atoms with Crippen molar-refractivity contribution < 1.29 is 13.5 Å². The van der Waals surface area contributed by atoms with E-state index < -0.39 is 13.0 Å². The molecule has 0 aromatic carbocycles. The number of halogens is 2. The number of imidazole rings is 1. The van der Waals surface area contributed by atoms with Gasteiger partial charge in [0.15, 0.2) is 5.65 Å². The van der Waals surface area contributed by atoms with Crippen LogP contribution in [0.3, 0.4) is 0 Å². The molecule has 1 aliphatic carbocycles. The summed E-state index contributed by atoms with van der Waals surface area (Å²) in [5, 5.41) is 7.95. The number of fused-ring (bicyclic) bond motifs is 3. The lowest BCUT2D eigenvalue weighted by molar-refractivity contribution is 0.127. The van der Waals surface area contributed by atoms with Crippen molar-refractivity contribution in [1.82, 2.24) is 29.1 Å². The van der Waals surface area contributed by atoms with E-state index in [1.807, 2.05) is 18.3 Å². The van der Waals surface area contributed by atoms with E-state index in [0.717, 1.165) is 24.3 Å². The summed E-state index contributed by atoms with van der Waals surface area (Å²) in [6.45, 7) is 2.88. The van der Waals surface area contributed by atoms with Gasteiger partial charge in [0.05, 0.1) is 37.2 Å². The van der Waals surface area contributed by atoms with E-state index >= 15 is 0 Å². The van der Waals surface area contributed by atoms with Gasteiger partial charge in [0.1, 0.15) is 11.3 Å². The topological polar surface area (TPSA) is 82.2 Å². The highest BCUT2D eigenvalue weighted by molar-refractivity contribution is 5.82. The van der Waals surface area contributed by atoms with Crippen molar-refractivity contribution in [2.75, 3.05) is 18.5 Å². The fourth-order valence-corrected chi connectivity index (χ4v) is 4.41. The molecule has 154 valence electrons. The van der Waals surface area contributed by atoms with Gasteiger partial charge in [-0.15, -0.1) is 5.10 Å². The van der Waals surface area contributed by atoms with Gasteiger partial charge in [0.2, 0.25) is 5.95 Å². The molecule has 0 radical (unpaired) electrons. The molecule has 10 heteroatoms. The fourth-order valence-electron chi connectivity index (χ4n) is 4.41. The number of anilines is 1. The third-order valence-corrected chi connectivity index (χ3v) is 6.04. The van der Waals surface area contributed by atoms with Crippen molar-refractivity contribution in [1.29, 1.82) is 0 Å². The first-order valence-electron chi connectivity index (χ1n) is 9.89. The van der Waals surface area contributed by atoms with Crippen LogP contribution in [-0.4, -0.2) is 54.8 Å². The van der Waals surface area contributed by atoms with Crippen molar-refractivity contribution in [3.63, 3.8) is 0 Å². The van der Waals surface area contributed by atoms with Crippen molar-refractivity contribution in [2.24, 2.45) is 11.8 Å². The summed E-state index contributed by atoms with van der Waals surface area (Å²) in [4.78, 5) is 13.4. The van der Waals surface area contributed by atoms with Crippen LogP contribution in [0.2, 0.25) is 0 Å². The van der Waals surface area contributed by atoms with Crippen LogP contribution in [0.4, 0.5) is 14.7 Å². The number of aromatic nitrogens is 6. The standard InChI is InChI=1S/C20H19F2N7O/c1-10-24-15-3-2-14(25-19(15)28(10)7-17(21)22)11-4-5-29-16(11)6-23-20(27-29)26-18-12-8-30-9-13(12)18/h2-6,12-13,17-18H,7-9H2,1H3,(H,26,27)/t12-,13+,18-. The molecule has 6 rings (SSSR count). The summed E-state index contributed by atoms with van der Waals surface area (Å²) in [5.41, 5.74) is 3.35. The van der Waals surface area contributed by atoms with E-state index in [-0.39, 0.29) is 0 Å². The minimum atomic E-state index is -2.47. The monoisotopic (exact) mass is 411 g/mol. The van der Waals surface area contributed by atoms with Gasteiger partial charge in [-0.2, -0.15) is 0 Å². The van der Waals surface area contributed by atoms with Crippen LogP contribution in [0.1, 0.15) is 5.82 Å². The van der Waals surface area contributed by atoms with Gasteiger partial charge in [0.25, 0.3) is 6.43 Å². The maximum Gasteiger partial charge on any atom is 0.256 e. The summed E-state index contributed by atoms with van der Waals surface area (Å²) >= 11 is 0. The second-order valence-corrected chi connectivity index (χ2v) is 7.88. The maximum absolute atomic E-state index is 13.0. The fraction of sp³-hybridized carbons (Fsp3) is 0.400. The van der Waals surface area contributed by atoms with Gasteiger partial charge in [0, 0.05) is 29.6 Å². The van der Waals surface area contributed by atoms with E-state index in [9.17, 15) is 8.78 Å². The number of hydrogen-bond acceptors (Lipinski definition) is 6. The molecule has 0 spiro atoms. The van der Waals surface area contributed by atoms with Gasteiger partial charge < -0.3 is 14.6 Å². The Morgan fingerprint density at radius 2 is 2.03 bits per heavy atom.